The molecule has 0 saturated carbocycles. The SMILES string of the molecule is NCCCC(=O)N1CCCC1c1cccc2ccccc12. The molecule has 2 aromatic carbocycles. The summed E-state index contributed by atoms with van der Waals surface area (Å²) in [5, 5.41) is 2.51. The summed E-state index contributed by atoms with van der Waals surface area (Å²) in [6.45, 7) is 1.45. The molecule has 3 heteroatoms. The third kappa shape index (κ3) is 2.79. The van der Waals surface area contributed by atoms with E-state index in [4.69, 9.17) is 5.73 Å². The lowest BCUT2D eigenvalue weighted by molar-refractivity contribution is -0.132. The van der Waals surface area contributed by atoms with Crippen LogP contribution in [0.2, 0.25) is 0 Å². The molecule has 21 heavy (non-hydrogen) atoms. The fourth-order valence-corrected chi connectivity index (χ4v) is 3.33. The van der Waals surface area contributed by atoms with Crippen LogP contribution in [-0.4, -0.2) is 23.9 Å². The van der Waals surface area contributed by atoms with E-state index >= 15 is 0 Å². The number of hydrogen-bond donors (Lipinski definition) is 1. The van der Waals surface area contributed by atoms with Gasteiger partial charge in [0.05, 0.1) is 6.04 Å². The number of likely N-dealkylation sites (tertiary alicyclic amines) is 1. The average Bonchev–Trinajstić information content (AvgIpc) is 3.01. The van der Waals surface area contributed by atoms with Crippen LogP contribution in [0.1, 0.15) is 37.3 Å². The van der Waals surface area contributed by atoms with E-state index in [0.717, 1.165) is 25.8 Å². The fraction of sp³-hybridized carbons (Fsp3) is 0.389. The number of fused-ring (bicyclic) bond motifs is 1. The molecule has 1 amide bonds. The molecule has 1 heterocycles. The van der Waals surface area contributed by atoms with E-state index in [1.165, 1.54) is 16.3 Å². The molecule has 110 valence electrons. The average molecular weight is 282 g/mol. The van der Waals surface area contributed by atoms with Crippen molar-refractivity contribution >= 4 is 16.7 Å². The molecule has 1 atom stereocenters. The molecule has 0 radical (unpaired) electrons. The van der Waals surface area contributed by atoms with E-state index in [9.17, 15) is 4.79 Å². The number of carbonyl (C=O) groups excluding carboxylic acids is 1. The lowest BCUT2D eigenvalue weighted by Crippen LogP contribution is -2.30. The van der Waals surface area contributed by atoms with E-state index < -0.39 is 0 Å². The summed E-state index contributed by atoms with van der Waals surface area (Å²) in [6.07, 6.45) is 3.49. The first kappa shape index (κ1) is 14.1. The van der Waals surface area contributed by atoms with Gasteiger partial charge in [-0.15, -0.1) is 0 Å². The molecule has 1 fully saturated rings. The van der Waals surface area contributed by atoms with Crippen LogP contribution in [0.25, 0.3) is 10.8 Å². The zero-order valence-electron chi connectivity index (χ0n) is 12.3. The maximum atomic E-state index is 12.4. The second kappa shape index (κ2) is 6.27. The Labute approximate surface area is 125 Å². The molecule has 3 nitrogen and oxygen atoms in total. The third-order valence-electron chi connectivity index (χ3n) is 4.35. The second-order valence-corrected chi connectivity index (χ2v) is 5.71. The Kier molecular flexibility index (Phi) is 4.20. The summed E-state index contributed by atoms with van der Waals surface area (Å²) in [4.78, 5) is 14.4. The van der Waals surface area contributed by atoms with Crippen molar-refractivity contribution in [3.8, 4) is 0 Å². The number of benzene rings is 2. The molecule has 0 bridgehead atoms. The van der Waals surface area contributed by atoms with E-state index in [2.05, 4.69) is 47.4 Å². The molecule has 2 aromatic rings. The van der Waals surface area contributed by atoms with Crippen LogP contribution in [0.15, 0.2) is 42.5 Å². The van der Waals surface area contributed by atoms with Crippen LogP contribution in [0.4, 0.5) is 0 Å². The summed E-state index contributed by atoms with van der Waals surface area (Å²) in [6, 6.07) is 15.0. The maximum Gasteiger partial charge on any atom is 0.223 e. The van der Waals surface area contributed by atoms with E-state index in [-0.39, 0.29) is 11.9 Å². The Bertz CT molecular complexity index is 633. The van der Waals surface area contributed by atoms with Gasteiger partial charge in [-0.1, -0.05) is 42.5 Å². The van der Waals surface area contributed by atoms with Crippen molar-refractivity contribution in [2.45, 2.75) is 31.7 Å². The van der Waals surface area contributed by atoms with E-state index in [0.29, 0.717) is 13.0 Å². The summed E-state index contributed by atoms with van der Waals surface area (Å²) < 4.78 is 0. The largest absolute Gasteiger partial charge is 0.336 e. The van der Waals surface area contributed by atoms with Crippen LogP contribution in [0.3, 0.4) is 0 Å². The quantitative estimate of drug-likeness (QED) is 0.935. The first-order chi connectivity index (χ1) is 10.3. The van der Waals surface area contributed by atoms with Crippen molar-refractivity contribution in [3.63, 3.8) is 0 Å². The highest BCUT2D eigenvalue weighted by atomic mass is 16.2. The van der Waals surface area contributed by atoms with Gasteiger partial charge < -0.3 is 10.6 Å². The normalized spacial score (nSPS) is 18.3. The molecular weight excluding hydrogens is 260 g/mol. The number of carbonyl (C=O) groups is 1. The molecule has 1 aliphatic rings. The molecule has 3 rings (SSSR count). The monoisotopic (exact) mass is 282 g/mol. The fourth-order valence-electron chi connectivity index (χ4n) is 3.33. The first-order valence-electron chi connectivity index (χ1n) is 7.78. The van der Waals surface area contributed by atoms with Gasteiger partial charge in [0.15, 0.2) is 0 Å². The van der Waals surface area contributed by atoms with Gasteiger partial charge >= 0.3 is 0 Å². The maximum absolute atomic E-state index is 12.4. The van der Waals surface area contributed by atoms with Gasteiger partial charge in [-0.05, 0) is 42.1 Å². The predicted octanol–water partition coefficient (Wildman–Crippen LogP) is 3.24. The standard InChI is InChI=1S/C18H22N2O/c19-12-4-11-18(21)20-13-5-10-17(20)16-9-3-7-14-6-1-2-8-15(14)16/h1-3,6-9,17H,4-5,10-13,19H2. The Balaban J connectivity index is 1.92. The van der Waals surface area contributed by atoms with E-state index in [1.54, 1.807) is 0 Å². The topological polar surface area (TPSA) is 46.3 Å². The Hall–Kier alpha value is -1.87. The molecule has 0 spiro atoms. The highest BCUT2D eigenvalue weighted by Crippen LogP contribution is 2.36. The number of amides is 1. The molecule has 2 N–H and O–H groups in total. The molecule has 1 aliphatic heterocycles. The zero-order valence-corrected chi connectivity index (χ0v) is 12.3. The van der Waals surface area contributed by atoms with Gasteiger partial charge in [-0.3, -0.25) is 4.79 Å². The Morgan fingerprint density at radius 2 is 2.00 bits per heavy atom. The summed E-state index contributed by atoms with van der Waals surface area (Å²) >= 11 is 0. The number of nitrogens with two attached hydrogens (primary N) is 1. The van der Waals surface area contributed by atoms with Crippen molar-refractivity contribution in [2.75, 3.05) is 13.1 Å². The zero-order chi connectivity index (χ0) is 14.7. The van der Waals surface area contributed by atoms with Gasteiger partial charge in [-0.25, -0.2) is 0 Å². The van der Waals surface area contributed by atoms with Crippen LogP contribution in [0, 0.1) is 0 Å². The minimum absolute atomic E-state index is 0.223. The molecule has 0 aliphatic carbocycles. The van der Waals surface area contributed by atoms with Crippen LogP contribution in [0.5, 0.6) is 0 Å². The van der Waals surface area contributed by atoms with Crippen LogP contribution >= 0.6 is 0 Å². The van der Waals surface area contributed by atoms with Gasteiger partial charge in [0.25, 0.3) is 0 Å². The highest BCUT2D eigenvalue weighted by molar-refractivity contribution is 5.87. The van der Waals surface area contributed by atoms with Crippen molar-refractivity contribution in [3.05, 3.63) is 48.0 Å². The van der Waals surface area contributed by atoms with Crippen LogP contribution < -0.4 is 5.73 Å². The molecule has 1 saturated heterocycles. The molecule has 0 aromatic heterocycles. The van der Waals surface area contributed by atoms with Gasteiger partial charge in [0.2, 0.25) is 5.91 Å². The minimum atomic E-state index is 0.223. The predicted molar refractivity (Wildman–Crippen MR) is 85.9 cm³/mol. The van der Waals surface area contributed by atoms with Crippen molar-refractivity contribution in [2.24, 2.45) is 5.73 Å². The number of nitrogens with zero attached hydrogens (tertiary/aromatic N) is 1. The lowest BCUT2D eigenvalue weighted by Gasteiger charge is -2.26. The first-order valence-corrected chi connectivity index (χ1v) is 7.78. The van der Waals surface area contributed by atoms with Crippen molar-refractivity contribution in [1.82, 2.24) is 4.90 Å². The summed E-state index contributed by atoms with van der Waals surface area (Å²) in [7, 11) is 0. The highest BCUT2D eigenvalue weighted by Gasteiger charge is 2.30. The van der Waals surface area contributed by atoms with Crippen LogP contribution in [-0.2, 0) is 4.79 Å². The third-order valence-corrected chi connectivity index (χ3v) is 4.35. The van der Waals surface area contributed by atoms with Crippen molar-refractivity contribution < 1.29 is 4.79 Å². The number of hydrogen-bond acceptors (Lipinski definition) is 2. The van der Waals surface area contributed by atoms with Gasteiger partial charge in [0, 0.05) is 13.0 Å². The van der Waals surface area contributed by atoms with E-state index in [1.807, 2.05) is 0 Å². The Morgan fingerprint density at radius 3 is 2.86 bits per heavy atom. The summed E-state index contributed by atoms with van der Waals surface area (Å²) in [5.74, 6) is 0.246. The molecule has 1 unspecified atom stereocenters. The summed E-state index contributed by atoms with van der Waals surface area (Å²) in [5.41, 5.74) is 6.81. The van der Waals surface area contributed by atoms with Gasteiger partial charge in [-0.2, -0.15) is 0 Å². The smallest absolute Gasteiger partial charge is 0.223 e. The van der Waals surface area contributed by atoms with Gasteiger partial charge in [0.1, 0.15) is 0 Å². The van der Waals surface area contributed by atoms with Crippen molar-refractivity contribution in [1.29, 1.82) is 0 Å². The Morgan fingerprint density at radius 1 is 1.19 bits per heavy atom. The second-order valence-electron chi connectivity index (χ2n) is 5.71. The molecular formula is C18H22N2O. The minimum Gasteiger partial charge on any atom is -0.336 e. The lowest BCUT2D eigenvalue weighted by atomic mass is 9.97. The number of rotatable bonds is 4.